The first-order valence-corrected chi connectivity index (χ1v) is 6.17. The molecule has 0 aliphatic carbocycles. The Morgan fingerprint density at radius 2 is 1.90 bits per heavy atom. The van der Waals surface area contributed by atoms with Crippen molar-refractivity contribution in [1.82, 2.24) is 4.98 Å². The van der Waals surface area contributed by atoms with Crippen LogP contribution in [0.2, 0.25) is 0 Å². The smallest absolute Gasteiger partial charge is 0.119 e. The number of carbonyl (C=O) groups excluding carboxylic acids is 1. The number of carboxylic acid groups (broad SMARTS) is 1. The van der Waals surface area contributed by atoms with Gasteiger partial charge in [0, 0.05) is 16.5 Å². The number of H-pyrrole nitrogens is 1. The Hall–Kier alpha value is -2.75. The number of hydrogen-bond acceptors (Lipinski definition) is 3. The maximum Gasteiger partial charge on any atom is 0.119 e. The van der Waals surface area contributed by atoms with E-state index in [9.17, 15) is 9.90 Å². The van der Waals surface area contributed by atoms with Gasteiger partial charge in [0.25, 0.3) is 0 Å². The number of carboxylic acids is 1. The molecule has 4 heteroatoms. The zero-order chi connectivity index (χ0) is 14.1. The molecule has 0 aliphatic heterocycles. The van der Waals surface area contributed by atoms with E-state index in [4.69, 9.17) is 4.74 Å². The summed E-state index contributed by atoms with van der Waals surface area (Å²) >= 11 is 0. The van der Waals surface area contributed by atoms with E-state index in [-0.39, 0.29) is 5.69 Å². The summed E-state index contributed by atoms with van der Waals surface area (Å²) in [4.78, 5) is 14.2. The fourth-order valence-corrected chi connectivity index (χ4v) is 2.36. The Balaban J connectivity index is 2.36. The number of nitrogens with one attached hydrogen (secondary N) is 1. The molecule has 0 atom stereocenters. The molecule has 0 unspecified atom stereocenters. The largest absolute Gasteiger partial charge is 0.543 e. The maximum absolute atomic E-state index is 11.3. The van der Waals surface area contributed by atoms with Crippen molar-refractivity contribution in [2.24, 2.45) is 0 Å². The summed E-state index contributed by atoms with van der Waals surface area (Å²) < 4.78 is 5.21. The lowest BCUT2D eigenvalue weighted by atomic mass is 10.0. The molecule has 0 fully saturated rings. The van der Waals surface area contributed by atoms with E-state index >= 15 is 0 Å². The number of carbonyl (C=O) groups is 1. The van der Waals surface area contributed by atoms with E-state index in [1.807, 2.05) is 36.4 Å². The molecule has 100 valence electrons. The molecule has 3 aromatic rings. The number of aromatic carboxylic acids is 1. The zero-order valence-electron chi connectivity index (χ0n) is 10.8. The van der Waals surface area contributed by atoms with Crippen LogP contribution in [0.15, 0.2) is 48.5 Å². The summed E-state index contributed by atoms with van der Waals surface area (Å²) in [5.74, 6) is -0.544. The van der Waals surface area contributed by atoms with Crippen LogP contribution in [0.5, 0.6) is 5.75 Å². The van der Waals surface area contributed by atoms with Crippen molar-refractivity contribution in [2.45, 2.75) is 0 Å². The van der Waals surface area contributed by atoms with E-state index in [0.717, 1.165) is 16.5 Å². The topological polar surface area (TPSA) is 65.2 Å². The van der Waals surface area contributed by atoms with Gasteiger partial charge in [-0.2, -0.15) is 0 Å². The van der Waals surface area contributed by atoms with Gasteiger partial charge in [-0.25, -0.2) is 0 Å². The highest BCUT2D eigenvalue weighted by Gasteiger charge is 2.14. The van der Waals surface area contributed by atoms with Crippen molar-refractivity contribution in [1.29, 1.82) is 0 Å². The standard InChI is InChI=1S/C16H13NO3/c1-20-11-7-8-13-12(9-11)14(15(17-13)16(18)19)10-5-3-2-4-6-10/h2-9,17H,1H3,(H,18,19)/p-1. The second kappa shape index (κ2) is 4.74. The molecule has 3 rings (SSSR count). The Morgan fingerprint density at radius 3 is 2.55 bits per heavy atom. The summed E-state index contributed by atoms with van der Waals surface area (Å²) in [6.45, 7) is 0. The zero-order valence-corrected chi connectivity index (χ0v) is 10.8. The molecular formula is C16H12NO3-. The van der Waals surface area contributed by atoms with Gasteiger partial charge in [-0.05, 0) is 23.8 Å². The second-order valence-corrected chi connectivity index (χ2v) is 4.44. The second-order valence-electron chi connectivity index (χ2n) is 4.44. The van der Waals surface area contributed by atoms with Gasteiger partial charge < -0.3 is 19.6 Å². The van der Waals surface area contributed by atoms with Crippen molar-refractivity contribution in [2.75, 3.05) is 7.11 Å². The van der Waals surface area contributed by atoms with Gasteiger partial charge in [-0.1, -0.05) is 30.3 Å². The number of aromatic amines is 1. The number of benzene rings is 2. The Labute approximate surface area is 115 Å². The SMILES string of the molecule is COc1ccc2[nH]c(C(=O)[O-])c(-c3ccccc3)c2c1. The van der Waals surface area contributed by atoms with Crippen LogP contribution >= 0.6 is 0 Å². The molecule has 0 saturated carbocycles. The number of methoxy groups -OCH3 is 1. The van der Waals surface area contributed by atoms with Crippen LogP contribution in [0.25, 0.3) is 22.0 Å². The van der Waals surface area contributed by atoms with Gasteiger partial charge in [-0.15, -0.1) is 0 Å². The highest BCUT2D eigenvalue weighted by Crippen LogP contribution is 2.34. The van der Waals surface area contributed by atoms with E-state index in [1.165, 1.54) is 0 Å². The van der Waals surface area contributed by atoms with Gasteiger partial charge in [0.1, 0.15) is 5.75 Å². The van der Waals surface area contributed by atoms with E-state index in [1.54, 1.807) is 19.2 Å². The molecule has 1 N–H and O–H groups in total. The summed E-state index contributed by atoms with van der Waals surface area (Å²) in [6, 6.07) is 14.8. The van der Waals surface area contributed by atoms with Gasteiger partial charge in [0.05, 0.1) is 18.8 Å². The molecule has 1 heterocycles. The van der Waals surface area contributed by atoms with Crippen LogP contribution < -0.4 is 9.84 Å². The van der Waals surface area contributed by atoms with Crippen molar-refractivity contribution in [3.8, 4) is 16.9 Å². The summed E-state index contributed by atoms with van der Waals surface area (Å²) in [5.41, 5.74) is 2.27. The van der Waals surface area contributed by atoms with Crippen LogP contribution in [0.3, 0.4) is 0 Å². The molecular weight excluding hydrogens is 254 g/mol. The molecule has 0 aliphatic rings. The minimum absolute atomic E-state index is 0.0828. The summed E-state index contributed by atoms with van der Waals surface area (Å²) in [6.07, 6.45) is 0. The fraction of sp³-hybridized carbons (Fsp3) is 0.0625. The Morgan fingerprint density at radius 1 is 1.15 bits per heavy atom. The lowest BCUT2D eigenvalue weighted by Gasteiger charge is -2.06. The summed E-state index contributed by atoms with van der Waals surface area (Å²) in [7, 11) is 1.58. The van der Waals surface area contributed by atoms with Crippen LogP contribution in [0, 0.1) is 0 Å². The average Bonchev–Trinajstić information content (AvgIpc) is 2.86. The van der Waals surface area contributed by atoms with Crippen molar-refractivity contribution < 1.29 is 14.6 Å². The van der Waals surface area contributed by atoms with Crippen molar-refractivity contribution >= 4 is 16.9 Å². The minimum atomic E-state index is -1.22. The van der Waals surface area contributed by atoms with E-state index in [0.29, 0.717) is 11.3 Å². The molecule has 4 nitrogen and oxygen atoms in total. The lowest BCUT2D eigenvalue weighted by Crippen LogP contribution is -2.23. The monoisotopic (exact) mass is 266 g/mol. The molecule has 0 radical (unpaired) electrons. The average molecular weight is 266 g/mol. The first-order chi connectivity index (χ1) is 9.70. The first kappa shape index (κ1) is 12.3. The lowest BCUT2D eigenvalue weighted by molar-refractivity contribution is -0.255. The molecule has 20 heavy (non-hydrogen) atoms. The molecule has 0 bridgehead atoms. The Bertz CT molecular complexity index is 775. The molecule has 2 aromatic carbocycles. The van der Waals surface area contributed by atoms with Crippen LogP contribution in [-0.2, 0) is 0 Å². The fourth-order valence-electron chi connectivity index (χ4n) is 2.36. The Kier molecular flexibility index (Phi) is 2.91. The number of hydrogen-bond donors (Lipinski definition) is 1. The quantitative estimate of drug-likeness (QED) is 0.790. The third-order valence-electron chi connectivity index (χ3n) is 3.27. The summed E-state index contributed by atoms with van der Waals surface area (Å²) in [5, 5.41) is 12.1. The van der Waals surface area contributed by atoms with Crippen molar-refractivity contribution in [3.05, 3.63) is 54.2 Å². The maximum atomic E-state index is 11.3. The molecule has 0 spiro atoms. The highest BCUT2D eigenvalue weighted by atomic mass is 16.5. The number of fused-ring (bicyclic) bond motifs is 1. The third-order valence-corrected chi connectivity index (χ3v) is 3.27. The van der Waals surface area contributed by atoms with Gasteiger partial charge in [0.15, 0.2) is 0 Å². The number of rotatable bonds is 3. The van der Waals surface area contributed by atoms with Crippen molar-refractivity contribution in [3.63, 3.8) is 0 Å². The molecule has 0 saturated heterocycles. The molecule has 0 amide bonds. The van der Waals surface area contributed by atoms with Gasteiger partial charge in [-0.3, -0.25) is 0 Å². The van der Waals surface area contributed by atoms with E-state index < -0.39 is 5.97 Å². The van der Waals surface area contributed by atoms with Gasteiger partial charge in [0.2, 0.25) is 0 Å². The van der Waals surface area contributed by atoms with Crippen LogP contribution in [0.4, 0.5) is 0 Å². The number of ether oxygens (including phenoxy) is 1. The number of aromatic nitrogens is 1. The van der Waals surface area contributed by atoms with Crippen LogP contribution in [-0.4, -0.2) is 18.1 Å². The van der Waals surface area contributed by atoms with Gasteiger partial charge >= 0.3 is 0 Å². The minimum Gasteiger partial charge on any atom is -0.543 e. The van der Waals surface area contributed by atoms with E-state index in [2.05, 4.69) is 4.98 Å². The predicted octanol–water partition coefficient (Wildman–Crippen LogP) is 2.21. The molecule has 1 aromatic heterocycles. The predicted molar refractivity (Wildman–Crippen MR) is 74.6 cm³/mol. The normalized spacial score (nSPS) is 10.7. The third kappa shape index (κ3) is 1.91. The first-order valence-electron chi connectivity index (χ1n) is 6.17. The van der Waals surface area contributed by atoms with Crippen LogP contribution in [0.1, 0.15) is 10.5 Å². The highest BCUT2D eigenvalue weighted by molar-refractivity contribution is 6.07.